The summed E-state index contributed by atoms with van der Waals surface area (Å²) in [5.74, 6) is 0.147. The smallest absolute Gasteiger partial charge is 0.214 e. The number of rotatable bonds is 4. The van der Waals surface area contributed by atoms with Crippen LogP contribution in [0.25, 0.3) is 0 Å². The van der Waals surface area contributed by atoms with Gasteiger partial charge >= 0.3 is 0 Å². The van der Waals surface area contributed by atoms with Crippen molar-refractivity contribution in [3.63, 3.8) is 0 Å². The largest absolute Gasteiger partial charge is 0.377 e. The van der Waals surface area contributed by atoms with Crippen LogP contribution in [0.3, 0.4) is 0 Å². The van der Waals surface area contributed by atoms with E-state index in [-0.39, 0.29) is 17.9 Å². The van der Waals surface area contributed by atoms with Gasteiger partial charge in [0, 0.05) is 12.6 Å². The average Bonchev–Trinajstić information content (AvgIpc) is 2.87. The predicted molar refractivity (Wildman–Crippen MR) is 69.8 cm³/mol. The first-order valence-electron chi connectivity index (χ1n) is 7.19. The van der Waals surface area contributed by atoms with E-state index in [0.29, 0.717) is 12.0 Å². The van der Waals surface area contributed by atoms with Gasteiger partial charge in [-0.1, -0.05) is 0 Å². The van der Waals surface area contributed by atoms with Crippen molar-refractivity contribution in [2.24, 2.45) is 5.41 Å². The van der Waals surface area contributed by atoms with Gasteiger partial charge in [-0.15, -0.1) is 0 Å². The molecule has 0 aromatic rings. The monoisotopic (exact) mass is 273 g/mol. The van der Waals surface area contributed by atoms with Crippen LogP contribution in [0.15, 0.2) is 0 Å². The number of sulfonamides is 1. The third kappa shape index (κ3) is 3.06. The second-order valence-electron chi connectivity index (χ2n) is 6.31. The van der Waals surface area contributed by atoms with Gasteiger partial charge in [0.05, 0.1) is 11.9 Å². The Morgan fingerprint density at radius 1 is 1.11 bits per heavy atom. The van der Waals surface area contributed by atoms with Crippen LogP contribution in [-0.4, -0.2) is 32.9 Å². The average molecular weight is 273 g/mol. The van der Waals surface area contributed by atoms with E-state index in [2.05, 4.69) is 4.72 Å². The number of hydrogen-bond acceptors (Lipinski definition) is 3. The second-order valence-corrected chi connectivity index (χ2v) is 8.11. The predicted octanol–water partition coefficient (Wildman–Crippen LogP) is 1.81. The molecule has 0 aromatic heterocycles. The summed E-state index contributed by atoms with van der Waals surface area (Å²) >= 11 is 0. The van der Waals surface area contributed by atoms with Gasteiger partial charge in [0.15, 0.2) is 0 Å². The fourth-order valence-electron chi connectivity index (χ4n) is 3.35. The van der Waals surface area contributed by atoms with Crippen LogP contribution >= 0.6 is 0 Å². The minimum absolute atomic E-state index is 0.0825. The van der Waals surface area contributed by atoms with Crippen LogP contribution in [-0.2, 0) is 14.8 Å². The van der Waals surface area contributed by atoms with Crippen molar-refractivity contribution in [2.75, 3.05) is 12.4 Å². The van der Waals surface area contributed by atoms with Crippen molar-refractivity contribution < 1.29 is 13.2 Å². The molecule has 0 amide bonds. The van der Waals surface area contributed by atoms with Crippen molar-refractivity contribution in [1.29, 1.82) is 0 Å². The molecule has 1 saturated heterocycles. The summed E-state index contributed by atoms with van der Waals surface area (Å²) in [5, 5.41) is 0. The highest BCUT2D eigenvalue weighted by Crippen LogP contribution is 2.56. The van der Waals surface area contributed by atoms with Crippen molar-refractivity contribution in [3.8, 4) is 0 Å². The zero-order valence-corrected chi connectivity index (χ0v) is 11.7. The van der Waals surface area contributed by atoms with E-state index in [1.54, 1.807) is 0 Å². The molecule has 0 aromatic carbocycles. The quantitative estimate of drug-likeness (QED) is 0.850. The van der Waals surface area contributed by atoms with Crippen LogP contribution in [0.1, 0.15) is 51.4 Å². The van der Waals surface area contributed by atoms with E-state index in [1.165, 1.54) is 25.7 Å². The first-order valence-corrected chi connectivity index (χ1v) is 8.84. The second kappa shape index (κ2) is 4.76. The number of hydrogen-bond donors (Lipinski definition) is 1. The minimum Gasteiger partial charge on any atom is -0.377 e. The zero-order chi connectivity index (χ0) is 12.6. The summed E-state index contributed by atoms with van der Waals surface area (Å²) in [7, 11) is -3.16. The Kier molecular flexibility index (Phi) is 3.41. The fraction of sp³-hybridized carbons (Fsp3) is 1.00. The van der Waals surface area contributed by atoms with E-state index in [1.807, 2.05) is 0 Å². The van der Waals surface area contributed by atoms with Crippen LogP contribution in [0.4, 0.5) is 0 Å². The molecule has 3 rings (SSSR count). The highest BCUT2D eigenvalue weighted by atomic mass is 32.2. The maximum atomic E-state index is 12.0. The standard InChI is InChI=1S/C13H23NO3S/c15-18(16,10-12-2-1-9-17-12)14-11-3-5-13(6-4-11)7-8-13/h11-12,14H,1-10H2/t12-/m1/s1. The Morgan fingerprint density at radius 3 is 2.39 bits per heavy atom. The van der Waals surface area contributed by atoms with E-state index >= 15 is 0 Å². The van der Waals surface area contributed by atoms with Gasteiger partial charge in [0.1, 0.15) is 0 Å². The van der Waals surface area contributed by atoms with Gasteiger partial charge < -0.3 is 4.74 Å². The highest BCUT2D eigenvalue weighted by molar-refractivity contribution is 7.89. The molecule has 0 radical (unpaired) electrons. The molecule has 104 valence electrons. The molecule has 2 saturated carbocycles. The molecular weight excluding hydrogens is 250 g/mol. The van der Waals surface area contributed by atoms with E-state index < -0.39 is 10.0 Å². The van der Waals surface area contributed by atoms with Crippen LogP contribution in [0, 0.1) is 5.41 Å². The molecule has 1 spiro atoms. The zero-order valence-electron chi connectivity index (χ0n) is 10.9. The molecule has 1 N–H and O–H groups in total. The molecule has 0 bridgehead atoms. The van der Waals surface area contributed by atoms with Crippen LogP contribution < -0.4 is 4.72 Å². The SMILES string of the molecule is O=S(=O)(C[C@H]1CCCO1)NC1CCC2(CC1)CC2. The minimum atomic E-state index is -3.16. The van der Waals surface area contributed by atoms with Crippen molar-refractivity contribution in [2.45, 2.75) is 63.5 Å². The Balaban J connectivity index is 1.48. The van der Waals surface area contributed by atoms with Crippen molar-refractivity contribution in [1.82, 2.24) is 4.72 Å². The van der Waals surface area contributed by atoms with E-state index in [4.69, 9.17) is 4.74 Å². The van der Waals surface area contributed by atoms with E-state index in [0.717, 1.165) is 25.7 Å². The summed E-state index contributed by atoms with van der Waals surface area (Å²) in [6, 6.07) is 0.169. The maximum Gasteiger partial charge on any atom is 0.214 e. The lowest BCUT2D eigenvalue weighted by molar-refractivity contribution is 0.127. The highest BCUT2D eigenvalue weighted by Gasteiger charge is 2.45. The van der Waals surface area contributed by atoms with Crippen LogP contribution in [0.5, 0.6) is 0 Å². The molecule has 1 aliphatic heterocycles. The molecule has 5 heteroatoms. The van der Waals surface area contributed by atoms with Gasteiger partial charge in [-0.05, 0) is 56.8 Å². The molecule has 0 unspecified atom stereocenters. The third-order valence-corrected chi connectivity index (χ3v) is 6.28. The van der Waals surface area contributed by atoms with Gasteiger partial charge in [0.25, 0.3) is 0 Å². The summed E-state index contributed by atoms with van der Waals surface area (Å²) in [6.45, 7) is 0.714. The first kappa shape index (κ1) is 12.9. The lowest BCUT2D eigenvalue weighted by Gasteiger charge is -2.29. The van der Waals surface area contributed by atoms with Gasteiger partial charge in [-0.25, -0.2) is 13.1 Å². The molecule has 4 nitrogen and oxygen atoms in total. The third-order valence-electron chi connectivity index (χ3n) is 4.78. The van der Waals surface area contributed by atoms with Gasteiger partial charge in [0.2, 0.25) is 10.0 Å². The molecular formula is C13H23NO3S. The van der Waals surface area contributed by atoms with Crippen LogP contribution in [0.2, 0.25) is 0 Å². The molecule has 3 fully saturated rings. The Bertz CT molecular complexity index is 386. The maximum absolute atomic E-state index is 12.0. The van der Waals surface area contributed by atoms with Gasteiger partial charge in [-0.2, -0.15) is 0 Å². The lowest BCUT2D eigenvalue weighted by Crippen LogP contribution is -2.41. The molecule has 1 heterocycles. The molecule has 18 heavy (non-hydrogen) atoms. The first-order chi connectivity index (χ1) is 8.57. The van der Waals surface area contributed by atoms with Crippen molar-refractivity contribution in [3.05, 3.63) is 0 Å². The molecule has 1 atom stereocenters. The summed E-state index contributed by atoms with van der Waals surface area (Å²) < 4.78 is 32.4. The molecule has 2 aliphatic carbocycles. The van der Waals surface area contributed by atoms with Crippen molar-refractivity contribution >= 4 is 10.0 Å². The van der Waals surface area contributed by atoms with E-state index in [9.17, 15) is 8.42 Å². The van der Waals surface area contributed by atoms with Gasteiger partial charge in [-0.3, -0.25) is 0 Å². The number of nitrogens with one attached hydrogen (secondary N) is 1. The Morgan fingerprint density at radius 2 is 1.83 bits per heavy atom. The Labute approximate surface area is 110 Å². The normalized spacial score (nSPS) is 31.9. The summed E-state index contributed by atoms with van der Waals surface area (Å²) in [5.41, 5.74) is 0.622. The molecule has 3 aliphatic rings. The topological polar surface area (TPSA) is 55.4 Å². The summed E-state index contributed by atoms with van der Waals surface area (Å²) in [6.07, 6.45) is 8.97. The summed E-state index contributed by atoms with van der Waals surface area (Å²) in [4.78, 5) is 0. The lowest BCUT2D eigenvalue weighted by atomic mass is 9.84. The Hall–Kier alpha value is -0.130. The number of ether oxygens (including phenoxy) is 1. The fourth-order valence-corrected chi connectivity index (χ4v) is 4.94.